The van der Waals surface area contributed by atoms with Gasteiger partial charge < -0.3 is 9.47 Å². The first-order valence-electron chi connectivity index (χ1n) is 8.72. The molecule has 0 radical (unpaired) electrons. The number of fused-ring (bicyclic) bond motifs is 1. The third-order valence-electron chi connectivity index (χ3n) is 4.59. The van der Waals surface area contributed by atoms with Crippen molar-refractivity contribution in [1.82, 2.24) is 0 Å². The smallest absolute Gasteiger partial charge is 0.363 e. The number of aliphatic imine (C=N–C) groups is 1. The molecule has 0 amide bonds. The first-order chi connectivity index (χ1) is 13.6. The fraction of sp³-hybridized carbons (Fsp3) is 0.136. The topological polar surface area (TPSA) is 65.0 Å². The van der Waals surface area contributed by atoms with Gasteiger partial charge in [0.15, 0.2) is 5.78 Å². The van der Waals surface area contributed by atoms with Gasteiger partial charge in [0.2, 0.25) is 5.90 Å². The number of carbonyl (C=O) groups excluding carboxylic acids is 2. The Morgan fingerprint density at radius 2 is 1.96 bits per heavy atom. The van der Waals surface area contributed by atoms with Gasteiger partial charge in [-0.1, -0.05) is 41.4 Å². The zero-order valence-corrected chi connectivity index (χ0v) is 15.8. The van der Waals surface area contributed by atoms with Gasteiger partial charge in [0.1, 0.15) is 11.4 Å². The largest absolute Gasteiger partial charge is 0.496 e. The van der Waals surface area contributed by atoms with Crippen molar-refractivity contribution in [3.05, 3.63) is 81.5 Å². The fourth-order valence-corrected chi connectivity index (χ4v) is 3.44. The van der Waals surface area contributed by atoms with Gasteiger partial charge >= 0.3 is 5.97 Å². The van der Waals surface area contributed by atoms with Gasteiger partial charge in [0, 0.05) is 22.6 Å². The lowest BCUT2D eigenvalue weighted by molar-refractivity contribution is -0.130. The van der Waals surface area contributed by atoms with E-state index in [9.17, 15) is 9.59 Å². The van der Waals surface area contributed by atoms with E-state index in [0.29, 0.717) is 28.3 Å². The van der Waals surface area contributed by atoms with Gasteiger partial charge in [-0.3, -0.25) is 4.79 Å². The maximum atomic E-state index is 12.6. The van der Waals surface area contributed by atoms with Gasteiger partial charge in [-0.05, 0) is 36.8 Å². The molecule has 0 unspecified atom stereocenters. The molecule has 1 aliphatic carbocycles. The van der Waals surface area contributed by atoms with E-state index in [1.54, 1.807) is 18.2 Å². The Balaban J connectivity index is 1.61. The molecule has 5 nitrogen and oxygen atoms in total. The number of allylic oxidation sites excluding steroid dienone is 2. The molecule has 0 saturated carbocycles. The van der Waals surface area contributed by atoms with Gasteiger partial charge in [0.25, 0.3) is 0 Å². The first-order valence-corrected chi connectivity index (χ1v) is 9.10. The summed E-state index contributed by atoms with van der Waals surface area (Å²) in [5, 5.41) is 0.485. The van der Waals surface area contributed by atoms with Crippen molar-refractivity contribution in [3.63, 3.8) is 0 Å². The molecule has 2 aromatic carbocycles. The molecular weight excluding hydrogens is 378 g/mol. The minimum absolute atomic E-state index is 0.0623. The summed E-state index contributed by atoms with van der Waals surface area (Å²) in [6.07, 6.45) is 4.18. The summed E-state index contributed by atoms with van der Waals surface area (Å²) >= 11 is 6.28. The lowest BCUT2D eigenvalue weighted by atomic mass is 9.89. The lowest BCUT2D eigenvalue weighted by Crippen LogP contribution is -2.11. The minimum Gasteiger partial charge on any atom is -0.496 e. The highest BCUT2D eigenvalue weighted by molar-refractivity contribution is 6.33. The van der Waals surface area contributed by atoms with Crippen LogP contribution in [0.5, 0.6) is 5.75 Å². The Labute approximate surface area is 166 Å². The molecule has 140 valence electrons. The number of Topliss-reactive ketones (excluding diaryl/α,β-unsaturated/α-hetero) is 1. The highest BCUT2D eigenvalue weighted by Crippen LogP contribution is 2.36. The average molecular weight is 394 g/mol. The number of carbonyl (C=O) groups is 2. The van der Waals surface area contributed by atoms with Crippen LogP contribution in [0.4, 0.5) is 0 Å². The van der Waals surface area contributed by atoms with Crippen molar-refractivity contribution in [2.24, 2.45) is 4.99 Å². The van der Waals surface area contributed by atoms with E-state index in [1.807, 2.05) is 36.4 Å². The molecule has 1 heterocycles. The van der Waals surface area contributed by atoms with Crippen molar-refractivity contribution in [3.8, 4) is 5.75 Å². The predicted molar refractivity (Wildman–Crippen MR) is 107 cm³/mol. The number of ether oxygens (including phenoxy) is 2. The summed E-state index contributed by atoms with van der Waals surface area (Å²) in [5.74, 6) is 0.229. The summed E-state index contributed by atoms with van der Waals surface area (Å²) in [6.45, 7) is 0. The summed E-state index contributed by atoms with van der Waals surface area (Å²) < 4.78 is 10.5. The van der Waals surface area contributed by atoms with Crippen LogP contribution in [0.2, 0.25) is 5.02 Å². The number of ketones is 1. The molecule has 0 atom stereocenters. The minimum atomic E-state index is -0.498. The van der Waals surface area contributed by atoms with Gasteiger partial charge in [-0.25, -0.2) is 9.79 Å². The van der Waals surface area contributed by atoms with E-state index < -0.39 is 5.97 Å². The van der Waals surface area contributed by atoms with Crippen LogP contribution < -0.4 is 4.74 Å². The molecule has 2 aliphatic rings. The number of nitrogens with zero attached hydrogens (tertiary/aromatic N) is 1. The molecule has 4 rings (SSSR count). The van der Waals surface area contributed by atoms with Crippen LogP contribution in [0.3, 0.4) is 0 Å². The molecule has 0 spiro atoms. The van der Waals surface area contributed by atoms with Crippen LogP contribution in [0.1, 0.15) is 34.3 Å². The van der Waals surface area contributed by atoms with Crippen LogP contribution in [0.25, 0.3) is 6.08 Å². The van der Waals surface area contributed by atoms with E-state index in [4.69, 9.17) is 21.1 Å². The Morgan fingerprint density at radius 1 is 1.18 bits per heavy atom. The molecule has 0 aromatic heterocycles. The Bertz CT molecular complexity index is 1070. The zero-order chi connectivity index (χ0) is 19.7. The van der Waals surface area contributed by atoms with Crippen LogP contribution in [-0.2, 0) is 9.53 Å². The summed E-state index contributed by atoms with van der Waals surface area (Å²) in [5.41, 5.74) is 2.95. The average Bonchev–Trinajstić information content (AvgIpc) is 3.08. The van der Waals surface area contributed by atoms with Crippen molar-refractivity contribution in [1.29, 1.82) is 0 Å². The number of cyclic esters (lactones) is 1. The SMILES string of the molecule is COc1ccc(Cl)c2c1C(=O)CC(CC=C1N=C(c3ccccc3)OC1=O)=C2. The standard InChI is InChI=1S/C22H16ClNO4/c1-27-19-10-8-16(23)15-11-13(12-18(25)20(15)19)7-9-17-22(26)28-21(24-17)14-5-3-2-4-6-14/h2-6,8-11H,7,12H2,1H3. The Hall–Kier alpha value is -3.18. The highest BCUT2D eigenvalue weighted by Gasteiger charge is 2.26. The second-order valence-corrected chi connectivity index (χ2v) is 6.81. The molecular formula is C22H16ClNO4. The van der Waals surface area contributed by atoms with Crippen molar-refractivity contribution in [2.75, 3.05) is 7.11 Å². The predicted octanol–water partition coefficient (Wildman–Crippen LogP) is 4.60. The van der Waals surface area contributed by atoms with E-state index >= 15 is 0 Å². The molecule has 1 aliphatic heterocycles. The maximum absolute atomic E-state index is 12.6. The van der Waals surface area contributed by atoms with E-state index in [0.717, 1.165) is 11.1 Å². The molecule has 0 N–H and O–H groups in total. The number of esters is 1. The van der Waals surface area contributed by atoms with E-state index in [2.05, 4.69) is 4.99 Å². The molecule has 6 heteroatoms. The number of halogens is 1. The number of rotatable bonds is 4. The number of methoxy groups -OCH3 is 1. The van der Waals surface area contributed by atoms with Gasteiger partial charge in [0.05, 0.1) is 12.7 Å². The molecule has 28 heavy (non-hydrogen) atoms. The monoisotopic (exact) mass is 393 g/mol. The summed E-state index contributed by atoms with van der Waals surface area (Å²) in [4.78, 5) is 29.0. The molecule has 0 fully saturated rings. The second kappa shape index (κ2) is 7.44. The molecule has 2 aromatic rings. The number of benzene rings is 2. The normalized spacial score (nSPS) is 17.1. The molecule has 0 bridgehead atoms. The quantitative estimate of drug-likeness (QED) is 0.562. The zero-order valence-electron chi connectivity index (χ0n) is 15.1. The van der Waals surface area contributed by atoms with Crippen LogP contribution in [-0.4, -0.2) is 24.8 Å². The summed E-state index contributed by atoms with van der Waals surface area (Å²) in [7, 11) is 1.52. The van der Waals surface area contributed by atoms with Crippen molar-refractivity contribution >= 4 is 35.3 Å². The van der Waals surface area contributed by atoms with E-state index in [1.165, 1.54) is 7.11 Å². The maximum Gasteiger partial charge on any atom is 0.363 e. The van der Waals surface area contributed by atoms with Gasteiger partial charge in [-0.15, -0.1) is 0 Å². The van der Waals surface area contributed by atoms with Crippen LogP contribution in [0, 0.1) is 0 Å². The first kappa shape index (κ1) is 18.2. The van der Waals surface area contributed by atoms with Crippen molar-refractivity contribution < 1.29 is 19.1 Å². The lowest BCUT2D eigenvalue weighted by Gasteiger charge is -2.18. The number of hydrogen-bond donors (Lipinski definition) is 0. The second-order valence-electron chi connectivity index (χ2n) is 6.41. The fourth-order valence-electron chi connectivity index (χ4n) is 3.23. The Morgan fingerprint density at radius 3 is 2.71 bits per heavy atom. The third-order valence-corrected chi connectivity index (χ3v) is 4.92. The van der Waals surface area contributed by atoms with Crippen LogP contribution >= 0.6 is 11.6 Å². The summed E-state index contributed by atoms with van der Waals surface area (Å²) in [6, 6.07) is 12.6. The molecule has 0 saturated heterocycles. The number of hydrogen-bond acceptors (Lipinski definition) is 5. The highest BCUT2D eigenvalue weighted by atomic mass is 35.5. The van der Waals surface area contributed by atoms with Crippen LogP contribution in [0.15, 0.2) is 64.8 Å². The third kappa shape index (κ3) is 3.37. The van der Waals surface area contributed by atoms with Gasteiger partial charge in [-0.2, -0.15) is 0 Å². The van der Waals surface area contributed by atoms with E-state index in [-0.39, 0.29) is 23.8 Å². The van der Waals surface area contributed by atoms with Crippen molar-refractivity contribution in [2.45, 2.75) is 12.8 Å². The Kier molecular flexibility index (Phi) is 4.84.